The number of carbonyl (C=O) groups excluding carboxylic acids is 1. The molecule has 33 heavy (non-hydrogen) atoms. The van der Waals surface area contributed by atoms with Crippen molar-refractivity contribution in [3.05, 3.63) is 84.2 Å². The van der Waals surface area contributed by atoms with Crippen LogP contribution in [0, 0.1) is 0 Å². The van der Waals surface area contributed by atoms with Gasteiger partial charge in [-0.2, -0.15) is 5.10 Å². The summed E-state index contributed by atoms with van der Waals surface area (Å²) in [6.45, 7) is 4.89. The van der Waals surface area contributed by atoms with Crippen molar-refractivity contribution in [1.82, 2.24) is 19.5 Å². The summed E-state index contributed by atoms with van der Waals surface area (Å²) in [6.07, 6.45) is 3.36. The van der Waals surface area contributed by atoms with E-state index in [0.29, 0.717) is 23.6 Å². The minimum absolute atomic E-state index is 0.235. The maximum Gasteiger partial charge on any atom is 0.261 e. The smallest absolute Gasteiger partial charge is 0.261 e. The summed E-state index contributed by atoms with van der Waals surface area (Å²) in [5.41, 5.74) is 4.11. The maximum atomic E-state index is 12.8. The van der Waals surface area contributed by atoms with Crippen LogP contribution in [0.25, 0.3) is 5.65 Å². The van der Waals surface area contributed by atoms with Gasteiger partial charge in [-0.05, 0) is 42.9 Å². The predicted octanol–water partition coefficient (Wildman–Crippen LogP) is 3.35. The Kier molecular flexibility index (Phi) is 5.91. The van der Waals surface area contributed by atoms with Crippen LogP contribution in [-0.4, -0.2) is 58.6 Å². The van der Waals surface area contributed by atoms with Gasteiger partial charge in [0.1, 0.15) is 11.4 Å². The number of benzene rings is 2. The highest BCUT2D eigenvalue weighted by Gasteiger charge is 2.16. The van der Waals surface area contributed by atoms with Gasteiger partial charge in [0.2, 0.25) is 0 Å². The second-order valence-corrected chi connectivity index (χ2v) is 8.27. The van der Waals surface area contributed by atoms with Crippen LogP contribution in [0.4, 0.5) is 17.2 Å². The summed E-state index contributed by atoms with van der Waals surface area (Å²) in [5, 5.41) is 10.5. The van der Waals surface area contributed by atoms with E-state index in [4.69, 9.17) is 0 Å². The van der Waals surface area contributed by atoms with Gasteiger partial charge >= 0.3 is 0 Å². The number of aromatic nitrogens is 3. The fourth-order valence-electron chi connectivity index (χ4n) is 3.97. The third kappa shape index (κ3) is 4.80. The first-order valence-corrected chi connectivity index (χ1v) is 11.1. The van der Waals surface area contributed by atoms with Crippen molar-refractivity contribution in [3.63, 3.8) is 0 Å². The van der Waals surface area contributed by atoms with E-state index < -0.39 is 0 Å². The molecule has 1 amide bonds. The van der Waals surface area contributed by atoms with Crippen molar-refractivity contribution in [1.29, 1.82) is 0 Å². The van der Waals surface area contributed by atoms with Crippen molar-refractivity contribution >= 4 is 28.7 Å². The average molecular weight is 442 g/mol. The van der Waals surface area contributed by atoms with Crippen molar-refractivity contribution in [2.45, 2.75) is 6.54 Å². The number of nitrogens with zero attached hydrogens (tertiary/aromatic N) is 5. The van der Waals surface area contributed by atoms with E-state index in [-0.39, 0.29) is 5.91 Å². The lowest BCUT2D eigenvalue weighted by atomic mass is 10.1. The molecule has 0 bridgehead atoms. The average Bonchev–Trinajstić information content (AvgIpc) is 3.27. The lowest BCUT2D eigenvalue weighted by Crippen LogP contribution is -2.44. The normalized spacial score (nSPS) is 14.4. The van der Waals surface area contributed by atoms with Crippen LogP contribution >= 0.6 is 0 Å². The second kappa shape index (κ2) is 9.30. The lowest BCUT2D eigenvalue weighted by molar-refractivity contribution is 0.102. The number of hydrogen-bond donors (Lipinski definition) is 2. The maximum absolute atomic E-state index is 12.8. The van der Waals surface area contributed by atoms with Crippen LogP contribution in [0.5, 0.6) is 0 Å². The van der Waals surface area contributed by atoms with E-state index >= 15 is 0 Å². The number of rotatable bonds is 6. The minimum atomic E-state index is -0.235. The van der Waals surface area contributed by atoms with Crippen LogP contribution in [-0.2, 0) is 6.54 Å². The summed E-state index contributed by atoms with van der Waals surface area (Å²) in [7, 11) is 2.17. The van der Waals surface area contributed by atoms with Crippen molar-refractivity contribution in [2.24, 2.45) is 0 Å². The zero-order valence-corrected chi connectivity index (χ0v) is 18.6. The van der Waals surface area contributed by atoms with Crippen LogP contribution < -0.4 is 15.5 Å². The molecule has 4 aromatic rings. The van der Waals surface area contributed by atoms with Gasteiger partial charge in [-0.15, -0.1) is 0 Å². The summed E-state index contributed by atoms with van der Waals surface area (Å²) in [5.74, 6) is 0.461. The standard InChI is InChI=1S/C25H27N7O/c1-30-12-14-31(15-13-30)21-9-5-6-19(16-21)17-26-23-10-11-32-24(29-23)22(18-27-32)25(33)28-20-7-3-2-4-8-20/h2-11,16,18H,12-15,17H2,1H3,(H,26,29)(H,28,33). The third-order valence-corrected chi connectivity index (χ3v) is 5.90. The third-order valence-electron chi connectivity index (χ3n) is 5.90. The number of likely N-dealkylation sites (N-methyl/N-ethyl adjacent to an activating group) is 1. The van der Waals surface area contributed by atoms with E-state index in [1.165, 1.54) is 11.3 Å². The molecule has 2 aromatic carbocycles. The Balaban J connectivity index is 1.28. The number of amides is 1. The van der Waals surface area contributed by atoms with Gasteiger partial charge < -0.3 is 20.4 Å². The summed E-state index contributed by atoms with van der Waals surface area (Å²) < 4.78 is 1.61. The first-order valence-electron chi connectivity index (χ1n) is 11.1. The molecule has 3 heterocycles. The van der Waals surface area contributed by atoms with Crippen LogP contribution in [0.2, 0.25) is 0 Å². The van der Waals surface area contributed by atoms with Crippen molar-refractivity contribution in [2.75, 3.05) is 48.8 Å². The van der Waals surface area contributed by atoms with Gasteiger partial charge in [0.05, 0.1) is 6.20 Å². The van der Waals surface area contributed by atoms with Gasteiger partial charge in [-0.25, -0.2) is 9.50 Å². The van der Waals surface area contributed by atoms with Gasteiger partial charge in [-0.3, -0.25) is 4.79 Å². The van der Waals surface area contributed by atoms with Gasteiger partial charge in [-0.1, -0.05) is 30.3 Å². The van der Waals surface area contributed by atoms with E-state index in [1.54, 1.807) is 10.7 Å². The monoisotopic (exact) mass is 441 g/mol. The molecule has 0 saturated carbocycles. The van der Waals surface area contributed by atoms with Gasteiger partial charge in [0.25, 0.3) is 5.91 Å². The number of fused-ring (bicyclic) bond motifs is 1. The van der Waals surface area contributed by atoms with Gasteiger partial charge in [0.15, 0.2) is 5.65 Å². The Labute approximate surface area is 192 Å². The van der Waals surface area contributed by atoms with Crippen molar-refractivity contribution < 1.29 is 4.79 Å². The first kappa shape index (κ1) is 21.0. The number of carbonyl (C=O) groups is 1. The quantitative estimate of drug-likeness (QED) is 0.478. The molecule has 5 rings (SSSR count). The predicted molar refractivity (Wildman–Crippen MR) is 131 cm³/mol. The first-order chi connectivity index (χ1) is 16.2. The SMILES string of the molecule is CN1CCN(c2cccc(CNc3ccn4ncc(C(=O)Nc5ccccc5)c4n3)c2)CC1. The highest BCUT2D eigenvalue weighted by Crippen LogP contribution is 2.19. The highest BCUT2D eigenvalue weighted by molar-refractivity contribution is 6.08. The molecule has 2 aromatic heterocycles. The highest BCUT2D eigenvalue weighted by atomic mass is 16.1. The topological polar surface area (TPSA) is 77.8 Å². The molecule has 1 aliphatic heterocycles. The molecule has 0 atom stereocenters. The largest absolute Gasteiger partial charge is 0.369 e. The van der Waals surface area contributed by atoms with E-state index in [0.717, 1.165) is 31.9 Å². The number of hydrogen-bond acceptors (Lipinski definition) is 6. The molecule has 0 aliphatic carbocycles. The zero-order chi connectivity index (χ0) is 22.6. The molecule has 8 heteroatoms. The van der Waals surface area contributed by atoms with Crippen LogP contribution in [0.3, 0.4) is 0 Å². The molecule has 168 valence electrons. The number of anilines is 3. The molecule has 1 saturated heterocycles. The van der Waals surface area contributed by atoms with Crippen LogP contribution in [0.15, 0.2) is 73.1 Å². The molecular weight excluding hydrogens is 414 g/mol. The van der Waals surface area contributed by atoms with E-state index in [2.05, 4.69) is 61.8 Å². The van der Waals surface area contributed by atoms with Crippen LogP contribution in [0.1, 0.15) is 15.9 Å². The number of piperazine rings is 1. The van der Waals surface area contributed by atoms with Gasteiger partial charge in [0, 0.05) is 50.3 Å². The van der Waals surface area contributed by atoms with E-state index in [9.17, 15) is 4.79 Å². The zero-order valence-electron chi connectivity index (χ0n) is 18.6. The Hall–Kier alpha value is -3.91. The molecule has 2 N–H and O–H groups in total. The molecule has 0 spiro atoms. The molecule has 1 fully saturated rings. The molecule has 1 aliphatic rings. The summed E-state index contributed by atoms with van der Waals surface area (Å²) in [6, 6.07) is 19.8. The second-order valence-electron chi connectivity index (χ2n) is 8.27. The molecule has 0 radical (unpaired) electrons. The fraction of sp³-hybridized carbons (Fsp3) is 0.240. The summed E-state index contributed by atoms with van der Waals surface area (Å²) >= 11 is 0. The number of para-hydroxylation sites is 1. The Morgan fingerprint density at radius 2 is 1.82 bits per heavy atom. The van der Waals surface area contributed by atoms with E-state index in [1.807, 2.05) is 42.6 Å². The molecule has 0 unspecified atom stereocenters. The lowest BCUT2D eigenvalue weighted by Gasteiger charge is -2.34. The number of nitrogens with one attached hydrogen (secondary N) is 2. The molecule has 8 nitrogen and oxygen atoms in total. The molecular formula is C25H27N7O. The summed E-state index contributed by atoms with van der Waals surface area (Å²) in [4.78, 5) is 22.2. The van der Waals surface area contributed by atoms with Crippen molar-refractivity contribution in [3.8, 4) is 0 Å². The Morgan fingerprint density at radius 1 is 1.00 bits per heavy atom. The Bertz CT molecular complexity index is 1250. The fourth-order valence-corrected chi connectivity index (χ4v) is 3.97. The Morgan fingerprint density at radius 3 is 2.64 bits per heavy atom. The minimum Gasteiger partial charge on any atom is -0.369 e.